The van der Waals surface area contributed by atoms with Crippen LogP contribution >= 0.6 is 0 Å². The van der Waals surface area contributed by atoms with E-state index in [0.717, 1.165) is 18.9 Å². The predicted octanol–water partition coefficient (Wildman–Crippen LogP) is 1.10. The topological polar surface area (TPSA) is 23.5 Å². The van der Waals surface area contributed by atoms with Gasteiger partial charge in [-0.3, -0.25) is 0 Å². The van der Waals surface area contributed by atoms with E-state index in [0.29, 0.717) is 6.61 Å². The molecule has 1 aliphatic rings. The standard InChI is InChI=1S/C9H19NO/c1-9-4-2-5-10(8-9)6-3-7-11/h9,11H,2-8H2,1H3. The molecule has 1 rings (SSSR count). The molecule has 11 heavy (non-hydrogen) atoms. The number of piperidine rings is 1. The van der Waals surface area contributed by atoms with E-state index in [9.17, 15) is 0 Å². The van der Waals surface area contributed by atoms with E-state index < -0.39 is 0 Å². The molecule has 1 N–H and O–H groups in total. The highest BCUT2D eigenvalue weighted by molar-refractivity contribution is 4.69. The van der Waals surface area contributed by atoms with Gasteiger partial charge in [-0.1, -0.05) is 6.92 Å². The first-order valence-electron chi connectivity index (χ1n) is 4.66. The fourth-order valence-electron chi connectivity index (χ4n) is 1.78. The molecule has 0 radical (unpaired) electrons. The van der Waals surface area contributed by atoms with Crippen LogP contribution in [-0.4, -0.2) is 36.2 Å². The van der Waals surface area contributed by atoms with Crippen molar-refractivity contribution in [2.45, 2.75) is 26.2 Å². The summed E-state index contributed by atoms with van der Waals surface area (Å²) in [4.78, 5) is 2.46. The van der Waals surface area contributed by atoms with Crippen LogP contribution in [0.4, 0.5) is 0 Å². The Morgan fingerprint density at radius 1 is 1.55 bits per heavy atom. The molecule has 66 valence electrons. The highest BCUT2D eigenvalue weighted by Crippen LogP contribution is 2.14. The molecule has 0 aromatic rings. The molecule has 1 saturated heterocycles. The van der Waals surface area contributed by atoms with Crippen molar-refractivity contribution in [1.82, 2.24) is 4.90 Å². The minimum Gasteiger partial charge on any atom is -0.396 e. The zero-order valence-electron chi connectivity index (χ0n) is 7.42. The van der Waals surface area contributed by atoms with Gasteiger partial charge in [-0.2, -0.15) is 0 Å². The molecule has 0 bridgehead atoms. The molecule has 1 atom stereocenters. The lowest BCUT2D eigenvalue weighted by atomic mass is 10.0. The van der Waals surface area contributed by atoms with Crippen molar-refractivity contribution in [1.29, 1.82) is 0 Å². The molecule has 1 fully saturated rings. The molecule has 2 heteroatoms. The largest absolute Gasteiger partial charge is 0.396 e. The number of hydrogen-bond acceptors (Lipinski definition) is 2. The van der Waals surface area contributed by atoms with E-state index in [4.69, 9.17) is 5.11 Å². The molecule has 0 spiro atoms. The summed E-state index contributed by atoms with van der Waals surface area (Å²) in [5, 5.41) is 8.64. The van der Waals surface area contributed by atoms with Crippen LogP contribution in [0, 0.1) is 5.92 Å². The quantitative estimate of drug-likeness (QED) is 0.663. The van der Waals surface area contributed by atoms with Crippen molar-refractivity contribution in [3.63, 3.8) is 0 Å². The molecular weight excluding hydrogens is 138 g/mol. The molecule has 0 aromatic heterocycles. The SMILES string of the molecule is CC1CCCN(CCCO)C1. The number of aliphatic hydroxyl groups is 1. The maximum atomic E-state index is 8.64. The van der Waals surface area contributed by atoms with Gasteiger partial charge in [0.15, 0.2) is 0 Å². The number of nitrogens with zero attached hydrogens (tertiary/aromatic N) is 1. The molecule has 0 aliphatic carbocycles. The molecular formula is C9H19NO. The van der Waals surface area contributed by atoms with E-state index in [1.807, 2.05) is 0 Å². The second kappa shape index (κ2) is 4.73. The van der Waals surface area contributed by atoms with Crippen LogP contribution in [0.2, 0.25) is 0 Å². The summed E-state index contributed by atoms with van der Waals surface area (Å²) in [7, 11) is 0. The van der Waals surface area contributed by atoms with Gasteiger partial charge in [0.25, 0.3) is 0 Å². The fraction of sp³-hybridized carbons (Fsp3) is 1.00. The van der Waals surface area contributed by atoms with Gasteiger partial charge in [0.05, 0.1) is 0 Å². The number of rotatable bonds is 3. The van der Waals surface area contributed by atoms with Crippen LogP contribution in [0.1, 0.15) is 26.2 Å². The van der Waals surface area contributed by atoms with Gasteiger partial charge in [-0.05, 0) is 31.7 Å². The normalized spacial score (nSPS) is 27.3. The Labute approximate surface area is 69.2 Å². The van der Waals surface area contributed by atoms with Crippen LogP contribution in [0.25, 0.3) is 0 Å². The van der Waals surface area contributed by atoms with Crippen molar-refractivity contribution in [3.8, 4) is 0 Å². The summed E-state index contributed by atoms with van der Waals surface area (Å²) in [6.45, 7) is 6.21. The summed E-state index contributed by atoms with van der Waals surface area (Å²) in [5.41, 5.74) is 0. The Morgan fingerprint density at radius 2 is 2.36 bits per heavy atom. The lowest BCUT2D eigenvalue weighted by Crippen LogP contribution is -2.35. The summed E-state index contributed by atoms with van der Waals surface area (Å²) < 4.78 is 0. The first-order valence-corrected chi connectivity index (χ1v) is 4.66. The maximum Gasteiger partial charge on any atom is 0.0443 e. The lowest BCUT2D eigenvalue weighted by Gasteiger charge is -2.30. The van der Waals surface area contributed by atoms with Crippen LogP contribution in [-0.2, 0) is 0 Å². The van der Waals surface area contributed by atoms with Crippen LogP contribution in [0.3, 0.4) is 0 Å². The third-order valence-corrected chi connectivity index (χ3v) is 2.37. The minimum atomic E-state index is 0.338. The van der Waals surface area contributed by atoms with E-state index in [1.165, 1.54) is 25.9 Å². The second-order valence-corrected chi connectivity index (χ2v) is 3.63. The molecule has 1 heterocycles. The molecule has 1 aliphatic heterocycles. The average molecular weight is 157 g/mol. The zero-order valence-corrected chi connectivity index (χ0v) is 7.42. The lowest BCUT2D eigenvalue weighted by molar-refractivity contribution is 0.166. The average Bonchev–Trinajstić information content (AvgIpc) is 2.01. The first kappa shape index (κ1) is 9.01. The Balaban J connectivity index is 2.12. The fourth-order valence-corrected chi connectivity index (χ4v) is 1.78. The van der Waals surface area contributed by atoms with Crippen LogP contribution in [0.5, 0.6) is 0 Å². The van der Waals surface area contributed by atoms with Gasteiger partial charge in [0.2, 0.25) is 0 Å². The molecule has 1 unspecified atom stereocenters. The van der Waals surface area contributed by atoms with Gasteiger partial charge >= 0.3 is 0 Å². The summed E-state index contributed by atoms with van der Waals surface area (Å²) in [6.07, 6.45) is 3.66. The van der Waals surface area contributed by atoms with Crippen molar-refractivity contribution >= 4 is 0 Å². The smallest absolute Gasteiger partial charge is 0.0443 e. The van der Waals surface area contributed by atoms with E-state index in [1.54, 1.807) is 0 Å². The third-order valence-electron chi connectivity index (χ3n) is 2.37. The van der Waals surface area contributed by atoms with Gasteiger partial charge in [-0.25, -0.2) is 0 Å². The first-order chi connectivity index (χ1) is 5.33. The van der Waals surface area contributed by atoms with Crippen molar-refractivity contribution < 1.29 is 5.11 Å². The monoisotopic (exact) mass is 157 g/mol. The summed E-state index contributed by atoms with van der Waals surface area (Å²) in [5.74, 6) is 0.863. The van der Waals surface area contributed by atoms with Crippen LogP contribution < -0.4 is 0 Å². The summed E-state index contributed by atoms with van der Waals surface area (Å²) in [6, 6.07) is 0. The van der Waals surface area contributed by atoms with Gasteiger partial charge in [0, 0.05) is 19.7 Å². The van der Waals surface area contributed by atoms with Gasteiger partial charge < -0.3 is 10.0 Å². The van der Waals surface area contributed by atoms with E-state index in [2.05, 4.69) is 11.8 Å². The van der Waals surface area contributed by atoms with E-state index >= 15 is 0 Å². The molecule has 0 aromatic carbocycles. The maximum absolute atomic E-state index is 8.64. The number of hydrogen-bond donors (Lipinski definition) is 1. The van der Waals surface area contributed by atoms with Gasteiger partial charge in [-0.15, -0.1) is 0 Å². The minimum absolute atomic E-state index is 0.338. The molecule has 2 nitrogen and oxygen atoms in total. The van der Waals surface area contributed by atoms with Crippen molar-refractivity contribution in [2.24, 2.45) is 5.92 Å². The zero-order chi connectivity index (χ0) is 8.10. The molecule has 0 amide bonds. The Bertz CT molecular complexity index is 106. The second-order valence-electron chi connectivity index (χ2n) is 3.63. The number of aliphatic hydroxyl groups excluding tert-OH is 1. The Hall–Kier alpha value is -0.0800. The van der Waals surface area contributed by atoms with Crippen LogP contribution in [0.15, 0.2) is 0 Å². The summed E-state index contributed by atoms with van der Waals surface area (Å²) >= 11 is 0. The molecule has 0 saturated carbocycles. The predicted molar refractivity (Wildman–Crippen MR) is 46.5 cm³/mol. The third kappa shape index (κ3) is 3.21. The van der Waals surface area contributed by atoms with Crippen molar-refractivity contribution in [2.75, 3.05) is 26.2 Å². The van der Waals surface area contributed by atoms with Crippen molar-refractivity contribution in [3.05, 3.63) is 0 Å². The highest BCUT2D eigenvalue weighted by Gasteiger charge is 2.14. The highest BCUT2D eigenvalue weighted by atomic mass is 16.3. The van der Waals surface area contributed by atoms with E-state index in [-0.39, 0.29) is 0 Å². The van der Waals surface area contributed by atoms with Gasteiger partial charge in [0.1, 0.15) is 0 Å². The Morgan fingerprint density at radius 3 is 3.00 bits per heavy atom. The Kier molecular flexibility index (Phi) is 3.87. The number of likely N-dealkylation sites (tertiary alicyclic amines) is 1.